The van der Waals surface area contributed by atoms with Crippen LogP contribution in [0.15, 0.2) is 25.8 Å². The quantitative estimate of drug-likeness (QED) is 0.664. The lowest BCUT2D eigenvalue weighted by atomic mass is 10.2. The van der Waals surface area contributed by atoms with Crippen molar-refractivity contribution in [3.05, 3.63) is 31.3 Å². The van der Waals surface area contributed by atoms with Crippen molar-refractivity contribution in [2.24, 2.45) is 0 Å². The first-order chi connectivity index (χ1) is 6.70. The van der Waals surface area contributed by atoms with Gasteiger partial charge in [-0.1, -0.05) is 6.92 Å². The third-order valence-corrected chi connectivity index (χ3v) is 5.73. The molecule has 2 rings (SSSR count). The van der Waals surface area contributed by atoms with E-state index in [1.807, 2.05) is 11.3 Å². The van der Waals surface area contributed by atoms with Crippen LogP contribution in [0.4, 0.5) is 0 Å². The minimum Gasteiger partial charge on any atom is -0.127 e. The molecule has 0 amide bonds. The van der Waals surface area contributed by atoms with Gasteiger partial charge in [0.05, 0.1) is 7.57 Å². The van der Waals surface area contributed by atoms with Crippen LogP contribution < -0.4 is 0 Å². The lowest BCUT2D eigenvalue weighted by molar-refractivity contribution is 1.15. The molecule has 0 bridgehead atoms. The van der Waals surface area contributed by atoms with Crippen LogP contribution in [0.25, 0.3) is 9.75 Å². The minimum absolute atomic E-state index is 1.09. The normalized spacial score (nSPS) is 10.8. The van der Waals surface area contributed by atoms with Gasteiger partial charge >= 0.3 is 0 Å². The van der Waals surface area contributed by atoms with Crippen molar-refractivity contribution >= 4 is 54.5 Å². The van der Waals surface area contributed by atoms with Crippen LogP contribution in [0, 0.1) is 0 Å². The highest BCUT2D eigenvalue weighted by molar-refractivity contribution is 9.11. The summed E-state index contributed by atoms with van der Waals surface area (Å²) in [4.78, 5) is 2.69. The average Bonchev–Trinajstić information content (AvgIpc) is 2.71. The second kappa shape index (κ2) is 4.47. The Balaban J connectivity index is 2.42. The molecule has 0 nitrogen and oxygen atoms in total. The summed E-state index contributed by atoms with van der Waals surface area (Å²) in [6.45, 7) is 2.18. The Kier molecular flexibility index (Phi) is 3.47. The van der Waals surface area contributed by atoms with Crippen LogP contribution >= 0.6 is 54.5 Å². The maximum Gasteiger partial charge on any atom is 0.0737 e. The molecule has 0 aliphatic rings. The van der Waals surface area contributed by atoms with Crippen LogP contribution in [-0.2, 0) is 6.42 Å². The highest BCUT2D eigenvalue weighted by Crippen LogP contribution is 2.39. The molecule has 2 aromatic heterocycles. The highest BCUT2D eigenvalue weighted by Gasteiger charge is 2.08. The summed E-state index contributed by atoms with van der Waals surface area (Å²) in [5.74, 6) is 0. The maximum atomic E-state index is 3.59. The molecule has 0 saturated carbocycles. The summed E-state index contributed by atoms with van der Waals surface area (Å²) >= 11 is 10.7. The molecule has 0 fully saturated rings. The molecule has 0 N–H and O–H groups in total. The van der Waals surface area contributed by atoms with Crippen molar-refractivity contribution in [3.63, 3.8) is 0 Å². The van der Waals surface area contributed by atoms with Crippen LogP contribution in [0.2, 0.25) is 0 Å². The van der Waals surface area contributed by atoms with Crippen LogP contribution in [0.1, 0.15) is 12.5 Å². The van der Waals surface area contributed by atoms with Gasteiger partial charge in [0.15, 0.2) is 0 Å². The molecular formula is C10H8Br2S2. The number of thiophene rings is 2. The summed E-state index contributed by atoms with van der Waals surface area (Å²) < 4.78 is 2.45. The van der Waals surface area contributed by atoms with Crippen LogP contribution in [0.5, 0.6) is 0 Å². The molecule has 0 aliphatic carbocycles. The van der Waals surface area contributed by atoms with Crippen molar-refractivity contribution in [2.45, 2.75) is 13.3 Å². The van der Waals surface area contributed by atoms with Crippen molar-refractivity contribution in [3.8, 4) is 9.75 Å². The number of halogens is 2. The molecule has 0 aliphatic heterocycles. The zero-order valence-corrected chi connectivity index (χ0v) is 12.3. The van der Waals surface area contributed by atoms with E-state index in [1.54, 1.807) is 11.3 Å². The van der Waals surface area contributed by atoms with Crippen molar-refractivity contribution < 1.29 is 0 Å². The largest absolute Gasteiger partial charge is 0.127 e. The first kappa shape index (κ1) is 10.9. The highest BCUT2D eigenvalue weighted by atomic mass is 79.9. The maximum absolute atomic E-state index is 3.59. The van der Waals surface area contributed by atoms with Crippen LogP contribution in [-0.4, -0.2) is 0 Å². The molecule has 14 heavy (non-hydrogen) atoms. The first-order valence-corrected chi connectivity index (χ1v) is 7.46. The van der Waals surface area contributed by atoms with Crippen molar-refractivity contribution in [1.82, 2.24) is 0 Å². The van der Waals surface area contributed by atoms with Gasteiger partial charge in [-0.05, 0) is 62.0 Å². The molecule has 0 saturated heterocycles. The number of hydrogen-bond acceptors (Lipinski definition) is 2. The smallest absolute Gasteiger partial charge is 0.0737 e. The fourth-order valence-corrected chi connectivity index (χ4v) is 4.58. The Morgan fingerprint density at radius 1 is 1.14 bits per heavy atom. The third kappa shape index (κ3) is 2.13. The van der Waals surface area contributed by atoms with Gasteiger partial charge in [0.2, 0.25) is 0 Å². The molecular weight excluding hydrogens is 344 g/mol. The van der Waals surface area contributed by atoms with E-state index in [0.717, 1.165) is 6.42 Å². The van der Waals surface area contributed by atoms with Crippen LogP contribution in [0.3, 0.4) is 0 Å². The Bertz CT molecular complexity index is 443. The molecule has 0 spiro atoms. The fraction of sp³-hybridized carbons (Fsp3) is 0.200. The van der Waals surface area contributed by atoms with Gasteiger partial charge in [-0.25, -0.2) is 0 Å². The van der Waals surface area contributed by atoms with Crippen molar-refractivity contribution in [2.75, 3.05) is 0 Å². The van der Waals surface area contributed by atoms with Crippen molar-refractivity contribution in [1.29, 1.82) is 0 Å². The second-order valence-electron chi connectivity index (χ2n) is 2.87. The summed E-state index contributed by atoms with van der Waals surface area (Å²) in [5.41, 5.74) is 1.40. The molecule has 0 atom stereocenters. The predicted octanol–water partition coefficient (Wildman–Crippen LogP) is 5.56. The monoisotopic (exact) mass is 350 g/mol. The zero-order chi connectivity index (χ0) is 10.1. The van der Waals surface area contributed by atoms with E-state index in [9.17, 15) is 0 Å². The van der Waals surface area contributed by atoms with E-state index in [0.29, 0.717) is 0 Å². The van der Waals surface area contributed by atoms with Gasteiger partial charge < -0.3 is 0 Å². The number of rotatable bonds is 2. The van der Waals surface area contributed by atoms with E-state index in [4.69, 9.17) is 0 Å². The molecule has 74 valence electrons. The van der Waals surface area contributed by atoms with Gasteiger partial charge in [0, 0.05) is 9.75 Å². The Morgan fingerprint density at radius 2 is 1.93 bits per heavy atom. The second-order valence-corrected chi connectivity index (χ2v) is 7.70. The van der Waals surface area contributed by atoms with Gasteiger partial charge in [0.1, 0.15) is 0 Å². The molecule has 2 heterocycles. The fourth-order valence-electron chi connectivity index (χ4n) is 1.22. The SMILES string of the molecule is CCc1cc(-c2ccc(Br)s2)sc1Br. The molecule has 2 aromatic rings. The third-order valence-electron chi connectivity index (χ3n) is 1.95. The summed E-state index contributed by atoms with van der Waals surface area (Å²) in [6, 6.07) is 6.53. The number of hydrogen-bond donors (Lipinski definition) is 0. The van der Waals surface area contributed by atoms with E-state index in [1.165, 1.54) is 22.9 Å². The van der Waals surface area contributed by atoms with E-state index in [2.05, 4.69) is 57.0 Å². The Morgan fingerprint density at radius 3 is 2.43 bits per heavy atom. The van der Waals surface area contributed by atoms with E-state index in [-0.39, 0.29) is 0 Å². The van der Waals surface area contributed by atoms with E-state index >= 15 is 0 Å². The predicted molar refractivity (Wildman–Crippen MR) is 72.4 cm³/mol. The van der Waals surface area contributed by atoms with Gasteiger partial charge in [0.25, 0.3) is 0 Å². The molecule has 0 unspecified atom stereocenters. The van der Waals surface area contributed by atoms with Gasteiger partial charge in [-0.2, -0.15) is 0 Å². The summed E-state index contributed by atoms with van der Waals surface area (Å²) in [5, 5.41) is 0. The summed E-state index contributed by atoms with van der Waals surface area (Å²) in [7, 11) is 0. The Hall–Kier alpha value is 0.360. The van der Waals surface area contributed by atoms with Gasteiger partial charge in [-0.15, -0.1) is 22.7 Å². The molecule has 4 heteroatoms. The van der Waals surface area contributed by atoms with E-state index < -0.39 is 0 Å². The number of aryl methyl sites for hydroxylation is 1. The molecule has 0 radical (unpaired) electrons. The molecule has 0 aromatic carbocycles. The zero-order valence-electron chi connectivity index (χ0n) is 7.51. The lowest BCUT2D eigenvalue weighted by Gasteiger charge is -1.87. The first-order valence-electron chi connectivity index (χ1n) is 4.24. The standard InChI is InChI=1S/C10H8Br2S2/c1-2-6-5-8(14-10(6)12)7-3-4-9(11)13-7/h3-5H,2H2,1H3. The average molecular weight is 352 g/mol. The minimum atomic E-state index is 1.09. The lowest BCUT2D eigenvalue weighted by Crippen LogP contribution is -1.71. The topological polar surface area (TPSA) is 0 Å². The van der Waals surface area contributed by atoms with Gasteiger partial charge in [-0.3, -0.25) is 0 Å². The summed E-state index contributed by atoms with van der Waals surface area (Å²) in [6.07, 6.45) is 1.09. The Labute approximate surface area is 108 Å².